The molecule has 0 amide bonds. The van der Waals surface area contributed by atoms with Gasteiger partial charge in [0.1, 0.15) is 0 Å². The van der Waals surface area contributed by atoms with E-state index >= 15 is 0 Å². The number of nitrogens with one attached hydrogen (secondary N) is 1. The first-order valence-corrected chi connectivity index (χ1v) is 8.83. The van der Waals surface area contributed by atoms with Crippen molar-refractivity contribution in [2.75, 3.05) is 6.54 Å². The van der Waals surface area contributed by atoms with Crippen LogP contribution in [0.4, 0.5) is 0 Å². The molecule has 0 spiro atoms. The largest absolute Gasteiger partial charge is 0.309 e. The summed E-state index contributed by atoms with van der Waals surface area (Å²) < 4.78 is 1.26. The molecule has 3 rings (SSSR count). The predicted octanol–water partition coefficient (Wildman–Crippen LogP) is 5.20. The van der Waals surface area contributed by atoms with Crippen LogP contribution in [0.25, 0.3) is 0 Å². The van der Waals surface area contributed by atoms with E-state index in [0.717, 1.165) is 6.54 Å². The molecule has 1 aromatic heterocycles. The van der Waals surface area contributed by atoms with Gasteiger partial charge in [-0.3, -0.25) is 0 Å². The molecule has 20 heavy (non-hydrogen) atoms. The van der Waals surface area contributed by atoms with Crippen molar-refractivity contribution >= 4 is 27.3 Å². The van der Waals surface area contributed by atoms with E-state index < -0.39 is 0 Å². The van der Waals surface area contributed by atoms with E-state index in [1.54, 1.807) is 0 Å². The summed E-state index contributed by atoms with van der Waals surface area (Å²) in [6.07, 6.45) is 2.56. The highest BCUT2D eigenvalue weighted by Gasteiger charge is 2.51. The van der Waals surface area contributed by atoms with Gasteiger partial charge in [0.2, 0.25) is 0 Å². The molecule has 1 unspecified atom stereocenters. The van der Waals surface area contributed by atoms with Gasteiger partial charge in [0.15, 0.2) is 0 Å². The number of hydrogen-bond donors (Lipinski definition) is 1. The van der Waals surface area contributed by atoms with Crippen LogP contribution in [-0.4, -0.2) is 6.54 Å². The van der Waals surface area contributed by atoms with Gasteiger partial charge in [-0.25, -0.2) is 0 Å². The molecular formula is C17H20BrNS. The Bertz CT molecular complexity index is 567. The van der Waals surface area contributed by atoms with Crippen LogP contribution in [0.5, 0.6) is 0 Å². The van der Waals surface area contributed by atoms with Gasteiger partial charge in [-0.1, -0.05) is 37.3 Å². The summed E-state index contributed by atoms with van der Waals surface area (Å²) in [4.78, 5) is 1.46. The van der Waals surface area contributed by atoms with E-state index in [2.05, 4.69) is 71.5 Å². The Kier molecular flexibility index (Phi) is 4.02. The van der Waals surface area contributed by atoms with Crippen LogP contribution in [0, 0.1) is 6.92 Å². The van der Waals surface area contributed by atoms with Crippen LogP contribution < -0.4 is 5.32 Å². The Morgan fingerprint density at radius 1 is 1.30 bits per heavy atom. The summed E-state index contributed by atoms with van der Waals surface area (Å²) in [5.74, 6) is 0. The molecule has 0 bridgehead atoms. The monoisotopic (exact) mass is 349 g/mol. The number of benzene rings is 1. The second kappa shape index (κ2) is 5.63. The van der Waals surface area contributed by atoms with E-state index in [1.165, 1.54) is 32.6 Å². The van der Waals surface area contributed by atoms with Crippen LogP contribution in [0.2, 0.25) is 0 Å². The summed E-state index contributed by atoms with van der Waals surface area (Å²) in [6, 6.07) is 13.8. The van der Waals surface area contributed by atoms with Crippen molar-refractivity contribution in [1.29, 1.82) is 0 Å². The molecule has 0 aliphatic heterocycles. The molecule has 1 fully saturated rings. The zero-order valence-corrected chi connectivity index (χ0v) is 14.4. The molecule has 1 aromatic carbocycles. The number of likely N-dealkylation sites (N-methyl/N-ethyl adjacent to an activating group) is 1. The SMILES string of the molecule is CCNC(c1cc(C)c(Br)s1)C1(c2ccccc2)CC1. The third-order valence-corrected chi connectivity index (χ3v) is 6.46. The highest BCUT2D eigenvalue weighted by molar-refractivity contribution is 9.11. The van der Waals surface area contributed by atoms with E-state index in [1.807, 2.05) is 11.3 Å². The van der Waals surface area contributed by atoms with Crippen molar-refractivity contribution in [1.82, 2.24) is 5.32 Å². The van der Waals surface area contributed by atoms with E-state index in [0.29, 0.717) is 11.5 Å². The lowest BCUT2D eigenvalue weighted by atomic mass is 9.87. The van der Waals surface area contributed by atoms with E-state index in [9.17, 15) is 0 Å². The second-order valence-electron chi connectivity index (χ2n) is 5.62. The average Bonchev–Trinajstić information content (AvgIpc) is 3.20. The molecule has 3 heteroatoms. The Balaban J connectivity index is 1.99. The van der Waals surface area contributed by atoms with Gasteiger partial charge >= 0.3 is 0 Å². The second-order valence-corrected chi connectivity index (χ2v) is 8.02. The molecule has 1 saturated carbocycles. The predicted molar refractivity (Wildman–Crippen MR) is 90.5 cm³/mol. The average molecular weight is 350 g/mol. The Hall–Kier alpha value is -0.640. The van der Waals surface area contributed by atoms with Gasteiger partial charge in [-0.05, 0) is 59.4 Å². The maximum Gasteiger partial charge on any atom is 0.0731 e. The lowest BCUT2D eigenvalue weighted by Crippen LogP contribution is -2.31. The fourth-order valence-electron chi connectivity index (χ4n) is 3.05. The number of halogens is 1. The highest BCUT2D eigenvalue weighted by atomic mass is 79.9. The van der Waals surface area contributed by atoms with Gasteiger partial charge in [0.05, 0.1) is 9.83 Å². The molecule has 1 aliphatic rings. The molecule has 1 aliphatic carbocycles. The molecule has 2 aromatic rings. The Morgan fingerprint density at radius 3 is 2.50 bits per heavy atom. The van der Waals surface area contributed by atoms with Crippen molar-refractivity contribution in [3.8, 4) is 0 Å². The van der Waals surface area contributed by atoms with Crippen molar-refractivity contribution in [3.05, 3.63) is 56.2 Å². The van der Waals surface area contributed by atoms with Crippen LogP contribution in [0.3, 0.4) is 0 Å². The summed E-state index contributed by atoms with van der Waals surface area (Å²) in [5, 5.41) is 3.73. The molecule has 1 nitrogen and oxygen atoms in total. The minimum Gasteiger partial charge on any atom is -0.309 e. The molecule has 1 heterocycles. The van der Waals surface area contributed by atoms with Crippen LogP contribution in [0.15, 0.2) is 40.2 Å². The first kappa shape index (κ1) is 14.3. The van der Waals surface area contributed by atoms with Gasteiger partial charge in [0, 0.05) is 10.3 Å². The highest BCUT2D eigenvalue weighted by Crippen LogP contribution is 2.57. The number of hydrogen-bond acceptors (Lipinski definition) is 2. The van der Waals surface area contributed by atoms with Crippen molar-refractivity contribution < 1.29 is 0 Å². The first-order chi connectivity index (χ1) is 9.67. The minimum absolute atomic E-state index is 0.300. The zero-order valence-electron chi connectivity index (χ0n) is 11.9. The molecule has 1 atom stereocenters. The molecule has 106 valence electrons. The first-order valence-electron chi connectivity index (χ1n) is 7.22. The maximum absolute atomic E-state index is 3.73. The van der Waals surface area contributed by atoms with E-state index in [4.69, 9.17) is 0 Å². The zero-order chi connectivity index (χ0) is 14.2. The Morgan fingerprint density at radius 2 is 2.00 bits per heavy atom. The Labute approximate surface area is 133 Å². The lowest BCUT2D eigenvalue weighted by Gasteiger charge is -2.27. The molecule has 0 saturated heterocycles. The topological polar surface area (TPSA) is 12.0 Å². The summed E-state index contributed by atoms with van der Waals surface area (Å²) in [7, 11) is 0. The lowest BCUT2D eigenvalue weighted by molar-refractivity contribution is 0.446. The van der Waals surface area contributed by atoms with Crippen molar-refractivity contribution in [2.24, 2.45) is 0 Å². The normalized spacial score (nSPS) is 17.9. The fraction of sp³-hybridized carbons (Fsp3) is 0.412. The van der Waals surface area contributed by atoms with Crippen LogP contribution >= 0.6 is 27.3 Å². The van der Waals surface area contributed by atoms with Crippen molar-refractivity contribution in [3.63, 3.8) is 0 Å². The molecule has 1 N–H and O–H groups in total. The summed E-state index contributed by atoms with van der Waals surface area (Å²) in [5.41, 5.74) is 3.12. The fourth-order valence-corrected chi connectivity index (χ4v) is 4.81. The maximum atomic E-state index is 3.73. The van der Waals surface area contributed by atoms with Gasteiger partial charge < -0.3 is 5.32 Å². The summed E-state index contributed by atoms with van der Waals surface area (Å²) >= 11 is 5.55. The van der Waals surface area contributed by atoms with Gasteiger partial charge in [-0.15, -0.1) is 11.3 Å². The smallest absolute Gasteiger partial charge is 0.0731 e. The van der Waals surface area contributed by atoms with Crippen molar-refractivity contribution in [2.45, 2.75) is 38.1 Å². The molecular weight excluding hydrogens is 330 g/mol. The van der Waals surface area contributed by atoms with Gasteiger partial charge in [0.25, 0.3) is 0 Å². The number of thiophene rings is 1. The van der Waals surface area contributed by atoms with Gasteiger partial charge in [-0.2, -0.15) is 0 Å². The summed E-state index contributed by atoms with van der Waals surface area (Å²) in [6.45, 7) is 5.38. The minimum atomic E-state index is 0.300. The third kappa shape index (κ3) is 2.47. The van der Waals surface area contributed by atoms with Crippen LogP contribution in [-0.2, 0) is 5.41 Å². The van der Waals surface area contributed by atoms with Crippen LogP contribution in [0.1, 0.15) is 41.8 Å². The number of rotatable bonds is 5. The third-order valence-electron chi connectivity index (χ3n) is 4.26. The quantitative estimate of drug-likeness (QED) is 0.781. The number of aryl methyl sites for hydroxylation is 1. The standard InChI is InChI=1S/C17H20BrNS/c1-3-19-15(14-11-12(2)16(18)20-14)17(9-10-17)13-7-5-4-6-8-13/h4-8,11,15,19H,3,9-10H2,1-2H3. The molecule has 0 radical (unpaired) electrons. The van der Waals surface area contributed by atoms with E-state index in [-0.39, 0.29) is 0 Å².